The third kappa shape index (κ3) is 5.21. The minimum absolute atomic E-state index is 0.0189. The number of hydrogen-bond acceptors (Lipinski definition) is 5. The lowest BCUT2D eigenvalue weighted by Gasteiger charge is -2.27. The van der Waals surface area contributed by atoms with Gasteiger partial charge in [0.2, 0.25) is 0 Å². The standard InChI is InChI=1S/C19H24Cl2O5/c1-4-7-8-9-25-17(23)19(5-2,6-3)18(24)26-16-13(12-22)10-14(20)11-15(16)21/h10-12H,4-9H2,1-3H3. The van der Waals surface area contributed by atoms with E-state index in [1.54, 1.807) is 13.8 Å². The molecule has 144 valence electrons. The van der Waals surface area contributed by atoms with Gasteiger partial charge in [-0.3, -0.25) is 14.4 Å². The number of carbonyl (C=O) groups is 3. The number of esters is 2. The molecule has 0 spiro atoms. The molecule has 0 atom stereocenters. The molecule has 1 rings (SSSR count). The lowest BCUT2D eigenvalue weighted by molar-refractivity contribution is -0.168. The van der Waals surface area contributed by atoms with Crippen LogP contribution in [-0.4, -0.2) is 24.8 Å². The fourth-order valence-electron chi connectivity index (χ4n) is 2.53. The van der Waals surface area contributed by atoms with Gasteiger partial charge in [0.05, 0.1) is 17.2 Å². The van der Waals surface area contributed by atoms with Gasteiger partial charge in [0, 0.05) is 5.02 Å². The van der Waals surface area contributed by atoms with Crippen molar-refractivity contribution < 1.29 is 23.9 Å². The average molecular weight is 403 g/mol. The predicted octanol–water partition coefficient (Wildman–Crippen LogP) is 5.25. The number of aldehydes is 1. The number of halogens is 2. The van der Waals surface area contributed by atoms with Crippen molar-refractivity contribution in [2.75, 3.05) is 6.61 Å². The third-order valence-corrected chi connectivity index (χ3v) is 4.83. The molecule has 1 aromatic rings. The first-order valence-corrected chi connectivity index (χ1v) is 9.45. The van der Waals surface area contributed by atoms with Crippen molar-refractivity contribution in [2.45, 2.75) is 52.9 Å². The summed E-state index contributed by atoms with van der Waals surface area (Å²) in [5.41, 5.74) is -1.41. The zero-order valence-corrected chi connectivity index (χ0v) is 16.8. The van der Waals surface area contributed by atoms with Crippen LogP contribution in [0.1, 0.15) is 63.2 Å². The first-order valence-electron chi connectivity index (χ1n) is 8.69. The SMILES string of the molecule is CCCCCOC(=O)C(CC)(CC)C(=O)Oc1c(Cl)cc(Cl)cc1C=O. The Hall–Kier alpha value is -1.59. The van der Waals surface area contributed by atoms with Crippen molar-refractivity contribution in [2.24, 2.45) is 5.41 Å². The maximum absolute atomic E-state index is 12.8. The smallest absolute Gasteiger partial charge is 0.328 e. The number of rotatable bonds is 10. The lowest BCUT2D eigenvalue weighted by atomic mass is 9.82. The summed E-state index contributed by atoms with van der Waals surface area (Å²) in [6, 6.07) is 2.70. The lowest BCUT2D eigenvalue weighted by Crippen LogP contribution is -2.42. The van der Waals surface area contributed by atoms with Crippen molar-refractivity contribution in [1.82, 2.24) is 0 Å². The number of benzene rings is 1. The second kappa shape index (κ2) is 10.5. The number of hydrogen-bond donors (Lipinski definition) is 0. The molecular weight excluding hydrogens is 379 g/mol. The predicted molar refractivity (Wildman–Crippen MR) is 101 cm³/mol. The average Bonchev–Trinajstić information content (AvgIpc) is 2.62. The van der Waals surface area contributed by atoms with E-state index in [2.05, 4.69) is 0 Å². The molecule has 0 saturated heterocycles. The summed E-state index contributed by atoms with van der Waals surface area (Å²) >= 11 is 11.9. The van der Waals surface area contributed by atoms with Crippen LogP contribution in [0.2, 0.25) is 10.0 Å². The van der Waals surface area contributed by atoms with Gasteiger partial charge >= 0.3 is 11.9 Å². The van der Waals surface area contributed by atoms with Crippen molar-refractivity contribution in [1.29, 1.82) is 0 Å². The molecule has 5 nitrogen and oxygen atoms in total. The Morgan fingerprint density at radius 1 is 1.08 bits per heavy atom. The summed E-state index contributed by atoms with van der Waals surface area (Å²) in [6.07, 6.45) is 3.57. The fourth-order valence-corrected chi connectivity index (χ4v) is 3.08. The molecule has 0 amide bonds. The summed E-state index contributed by atoms with van der Waals surface area (Å²) in [7, 11) is 0. The molecule has 0 heterocycles. The summed E-state index contributed by atoms with van der Waals surface area (Å²) in [5.74, 6) is -1.53. The van der Waals surface area contributed by atoms with Crippen molar-refractivity contribution in [3.8, 4) is 5.75 Å². The Labute approximate surface area is 163 Å². The van der Waals surface area contributed by atoms with Crippen LogP contribution in [-0.2, 0) is 14.3 Å². The van der Waals surface area contributed by atoms with E-state index < -0.39 is 17.4 Å². The Morgan fingerprint density at radius 2 is 1.73 bits per heavy atom. The van der Waals surface area contributed by atoms with Crippen LogP contribution in [0.15, 0.2) is 12.1 Å². The van der Waals surface area contributed by atoms with Crippen molar-refractivity contribution in [3.63, 3.8) is 0 Å². The molecular formula is C19H24Cl2O5. The van der Waals surface area contributed by atoms with Gasteiger partial charge in [0.25, 0.3) is 0 Å². The second-order valence-corrected chi connectivity index (χ2v) is 6.79. The normalized spacial score (nSPS) is 11.1. The molecule has 0 aliphatic carbocycles. The van der Waals surface area contributed by atoms with Gasteiger partial charge in [0.15, 0.2) is 17.5 Å². The monoisotopic (exact) mass is 402 g/mol. The van der Waals surface area contributed by atoms with Crippen LogP contribution < -0.4 is 4.74 Å². The Morgan fingerprint density at radius 3 is 2.27 bits per heavy atom. The number of carbonyl (C=O) groups excluding carboxylic acids is 3. The van der Waals surface area contributed by atoms with Crippen molar-refractivity contribution >= 4 is 41.4 Å². The molecule has 7 heteroatoms. The highest BCUT2D eigenvalue weighted by Gasteiger charge is 2.46. The minimum atomic E-state index is -1.45. The van der Waals surface area contributed by atoms with Crippen LogP contribution in [0.4, 0.5) is 0 Å². The van der Waals surface area contributed by atoms with Gasteiger partial charge in [-0.2, -0.15) is 0 Å². The van der Waals surface area contributed by atoms with Gasteiger partial charge in [-0.05, 0) is 31.4 Å². The largest absolute Gasteiger partial charge is 0.465 e. The molecule has 0 aliphatic rings. The summed E-state index contributed by atoms with van der Waals surface area (Å²) < 4.78 is 10.6. The highest BCUT2D eigenvalue weighted by Crippen LogP contribution is 2.36. The topological polar surface area (TPSA) is 69.7 Å². The van der Waals surface area contributed by atoms with E-state index in [0.29, 0.717) is 6.29 Å². The highest BCUT2D eigenvalue weighted by atomic mass is 35.5. The van der Waals surface area contributed by atoms with Gasteiger partial charge in [0.1, 0.15) is 0 Å². The Bertz CT molecular complexity index is 654. The van der Waals surface area contributed by atoms with Crippen LogP contribution in [0.25, 0.3) is 0 Å². The highest BCUT2D eigenvalue weighted by molar-refractivity contribution is 6.36. The van der Waals surface area contributed by atoms with Gasteiger partial charge in [-0.15, -0.1) is 0 Å². The molecule has 26 heavy (non-hydrogen) atoms. The van der Waals surface area contributed by atoms with Gasteiger partial charge in [-0.25, -0.2) is 0 Å². The molecule has 0 radical (unpaired) electrons. The zero-order valence-electron chi connectivity index (χ0n) is 15.3. The van der Waals surface area contributed by atoms with E-state index in [4.69, 9.17) is 32.7 Å². The van der Waals surface area contributed by atoms with E-state index in [9.17, 15) is 14.4 Å². The third-order valence-electron chi connectivity index (χ3n) is 4.33. The van der Waals surface area contributed by atoms with Crippen LogP contribution in [0, 0.1) is 5.41 Å². The van der Waals surface area contributed by atoms with Crippen LogP contribution in [0.3, 0.4) is 0 Å². The molecule has 0 aliphatic heterocycles. The van der Waals surface area contributed by atoms with Crippen molar-refractivity contribution in [3.05, 3.63) is 27.7 Å². The number of ether oxygens (including phenoxy) is 2. The second-order valence-electron chi connectivity index (χ2n) is 5.95. The molecule has 0 N–H and O–H groups in total. The van der Waals surface area contributed by atoms with E-state index in [0.717, 1.165) is 19.3 Å². The fraction of sp³-hybridized carbons (Fsp3) is 0.526. The summed E-state index contributed by atoms with van der Waals surface area (Å²) in [4.78, 5) is 36.6. The molecule has 0 bridgehead atoms. The molecule has 0 aromatic heterocycles. The summed E-state index contributed by atoms with van der Waals surface area (Å²) in [6.45, 7) is 5.72. The van der Waals surface area contributed by atoms with Crippen LogP contribution >= 0.6 is 23.2 Å². The Balaban J connectivity index is 3.05. The maximum Gasteiger partial charge on any atom is 0.328 e. The first kappa shape index (κ1) is 22.5. The number of unbranched alkanes of at least 4 members (excludes halogenated alkanes) is 2. The Kier molecular flexibility index (Phi) is 9.09. The van der Waals surface area contributed by atoms with E-state index in [-0.39, 0.29) is 40.8 Å². The van der Waals surface area contributed by atoms with E-state index in [1.807, 2.05) is 6.92 Å². The first-order chi connectivity index (χ1) is 12.4. The molecule has 0 saturated carbocycles. The van der Waals surface area contributed by atoms with Crippen LogP contribution in [0.5, 0.6) is 5.75 Å². The minimum Gasteiger partial charge on any atom is -0.465 e. The molecule has 0 unspecified atom stereocenters. The summed E-state index contributed by atoms with van der Waals surface area (Å²) in [5, 5.41) is 0.259. The zero-order chi connectivity index (χ0) is 19.7. The van der Waals surface area contributed by atoms with E-state index >= 15 is 0 Å². The quantitative estimate of drug-likeness (QED) is 0.175. The maximum atomic E-state index is 12.8. The molecule has 0 fully saturated rings. The molecule has 1 aromatic carbocycles. The van der Waals surface area contributed by atoms with Gasteiger partial charge < -0.3 is 9.47 Å². The van der Waals surface area contributed by atoms with E-state index in [1.165, 1.54) is 12.1 Å². The van der Waals surface area contributed by atoms with Gasteiger partial charge in [-0.1, -0.05) is 56.8 Å².